The van der Waals surface area contributed by atoms with E-state index >= 15 is 0 Å². The van der Waals surface area contributed by atoms with Crippen molar-refractivity contribution in [2.75, 3.05) is 0 Å². The molecular weight excluding hydrogens is 199 g/mol. The number of rotatable bonds is 1. The zero-order valence-corrected chi connectivity index (χ0v) is 9.00. The van der Waals surface area contributed by atoms with Crippen molar-refractivity contribution in [2.45, 2.75) is 6.92 Å². The van der Waals surface area contributed by atoms with Crippen LogP contribution in [0, 0.1) is 25.1 Å². The van der Waals surface area contributed by atoms with Crippen LogP contribution in [0.15, 0.2) is 42.5 Å². The summed E-state index contributed by atoms with van der Waals surface area (Å²) in [6, 6.07) is 12.5. The molecule has 0 bridgehead atoms. The summed E-state index contributed by atoms with van der Waals surface area (Å²) in [5, 5.41) is 0. The van der Waals surface area contributed by atoms with Gasteiger partial charge in [0.1, 0.15) is 5.82 Å². The molecule has 0 radical (unpaired) electrons. The zero-order chi connectivity index (χ0) is 11.5. The van der Waals surface area contributed by atoms with E-state index in [4.69, 9.17) is 6.42 Å². The van der Waals surface area contributed by atoms with E-state index in [1.54, 1.807) is 6.07 Å². The Morgan fingerprint density at radius 2 is 1.75 bits per heavy atom. The van der Waals surface area contributed by atoms with Gasteiger partial charge in [-0.2, -0.15) is 0 Å². The van der Waals surface area contributed by atoms with Crippen LogP contribution < -0.4 is 0 Å². The minimum absolute atomic E-state index is 0.302. The van der Waals surface area contributed by atoms with E-state index in [1.165, 1.54) is 17.7 Å². The van der Waals surface area contributed by atoms with Crippen molar-refractivity contribution in [3.05, 3.63) is 59.4 Å². The fraction of sp³-hybridized carbons (Fsp3) is 0.0667. The fourth-order valence-electron chi connectivity index (χ4n) is 1.62. The molecule has 0 amide bonds. The molecule has 0 atom stereocenters. The van der Waals surface area contributed by atoms with E-state index in [0.717, 1.165) is 11.1 Å². The number of aryl methyl sites for hydroxylation is 1. The summed E-state index contributed by atoms with van der Waals surface area (Å²) in [5.74, 6) is 2.21. The Hall–Kier alpha value is -2.07. The van der Waals surface area contributed by atoms with Gasteiger partial charge in [0.15, 0.2) is 0 Å². The number of hydrogen-bond acceptors (Lipinski definition) is 0. The first-order valence-corrected chi connectivity index (χ1v) is 5.04. The summed E-state index contributed by atoms with van der Waals surface area (Å²) >= 11 is 0. The van der Waals surface area contributed by atoms with E-state index in [1.807, 2.05) is 31.2 Å². The molecule has 2 aromatic rings. The molecule has 78 valence electrons. The molecule has 16 heavy (non-hydrogen) atoms. The molecule has 0 heterocycles. The maximum atomic E-state index is 13.0. The van der Waals surface area contributed by atoms with Gasteiger partial charge in [-0.3, -0.25) is 0 Å². The molecule has 0 aliphatic rings. The molecule has 0 aliphatic heterocycles. The predicted octanol–water partition coefficient (Wildman–Crippen LogP) is 3.78. The Bertz CT molecular complexity index is 545. The third-order valence-corrected chi connectivity index (χ3v) is 2.50. The van der Waals surface area contributed by atoms with Crippen LogP contribution in [0.5, 0.6) is 0 Å². The monoisotopic (exact) mass is 210 g/mol. The van der Waals surface area contributed by atoms with E-state index in [2.05, 4.69) is 5.92 Å². The molecule has 0 aliphatic carbocycles. The number of benzene rings is 2. The smallest absolute Gasteiger partial charge is 0.124 e. The van der Waals surface area contributed by atoms with Crippen LogP contribution in [-0.2, 0) is 0 Å². The van der Waals surface area contributed by atoms with Gasteiger partial charge in [0, 0.05) is 5.56 Å². The highest BCUT2D eigenvalue weighted by Crippen LogP contribution is 2.24. The second-order valence-electron chi connectivity index (χ2n) is 3.70. The van der Waals surface area contributed by atoms with Crippen molar-refractivity contribution in [1.82, 2.24) is 0 Å². The molecule has 0 aromatic heterocycles. The van der Waals surface area contributed by atoms with Crippen molar-refractivity contribution in [2.24, 2.45) is 0 Å². The largest absolute Gasteiger partial charge is 0.207 e. The maximum Gasteiger partial charge on any atom is 0.124 e. The highest BCUT2D eigenvalue weighted by molar-refractivity contribution is 5.71. The van der Waals surface area contributed by atoms with Crippen LogP contribution in [-0.4, -0.2) is 0 Å². The molecule has 0 nitrogen and oxygen atoms in total. The summed E-state index contributed by atoms with van der Waals surface area (Å²) in [5.41, 5.74) is 3.68. The van der Waals surface area contributed by atoms with Crippen molar-refractivity contribution < 1.29 is 4.39 Å². The first-order valence-electron chi connectivity index (χ1n) is 5.04. The first-order chi connectivity index (χ1) is 7.70. The maximum absolute atomic E-state index is 13.0. The lowest BCUT2D eigenvalue weighted by molar-refractivity contribution is 0.627. The number of hydrogen-bond donors (Lipinski definition) is 0. The average molecular weight is 210 g/mol. The number of halogens is 1. The van der Waals surface area contributed by atoms with Gasteiger partial charge in [-0.25, -0.2) is 4.39 Å². The van der Waals surface area contributed by atoms with Gasteiger partial charge in [-0.05, 0) is 30.2 Å². The van der Waals surface area contributed by atoms with Crippen molar-refractivity contribution in [3.8, 4) is 23.5 Å². The molecule has 0 saturated heterocycles. The third kappa shape index (κ3) is 1.97. The summed E-state index contributed by atoms with van der Waals surface area (Å²) < 4.78 is 13.0. The van der Waals surface area contributed by atoms with Crippen LogP contribution in [0.1, 0.15) is 11.1 Å². The van der Waals surface area contributed by atoms with E-state index in [0.29, 0.717) is 5.56 Å². The summed E-state index contributed by atoms with van der Waals surface area (Å²) in [7, 11) is 0. The molecule has 0 spiro atoms. The quantitative estimate of drug-likeness (QED) is 0.628. The van der Waals surface area contributed by atoms with E-state index < -0.39 is 0 Å². The van der Waals surface area contributed by atoms with Gasteiger partial charge in [0.25, 0.3) is 0 Å². The Morgan fingerprint density at radius 3 is 2.38 bits per heavy atom. The van der Waals surface area contributed by atoms with Gasteiger partial charge in [0.2, 0.25) is 0 Å². The highest BCUT2D eigenvalue weighted by atomic mass is 19.1. The normalized spacial score (nSPS) is 9.81. The lowest BCUT2D eigenvalue weighted by Gasteiger charge is -2.05. The highest BCUT2D eigenvalue weighted by Gasteiger charge is 2.04. The van der Waals surface area contributed by atoms with Crippen molar-refractivity contribution in [1.29, 1.82) is 0 Å². The van der Waals surface area contributed by atoms with Crippen LogP contribution in [0.3, 0.4) is 0 Å². The number of terminal acetylenes is 1. The molecule has 1 heteroatoms. The van der Waals surface area contributed by atoms with Gasteiger partial charge < -0.3 is 0 Å². The van der Waals surface area contributed by atoms with Crippen LogP contribution in [0.25, 0.3) is 11.1 Å². The van der Waals surface area contributed by atoms with E-state index in [-0.39, 0.29) is 5.82 Å². The fourth-order valence-corrected chi connectivity index (χ4v) is 1.62. The van der Waals surface area contributed by atoms with Crippen LogP contribution in [0.4, 0.5) is 4.39 Å². The minimum Gasteiger partial charge on any atom is -0.207 e. The van der Waals surface area contributed by atoms with Crippen molar-refractivity contribution in [3.63, 3.8) is 0 Å². The molecule has 0 unspecified atom stereocenters. The Balaban J connectivity index is 2.56. The Morgan fingerprint density at radius 1 is 1.06 bits per heavy atom. The Labute approximate surface area is 94.7 Å². The Kier molecular flexibility index (Phi) is 2.74. The third-order valence-electron chi connectivity index (χ3n) is 2.50. The van der Waals surface area contributed by atoms with Crippen LogP contribution in [0.2, 0.25) is 0 Å². The second kappa shape index (κ2) is 4.20. The van der Waals surface area contributed by atoms with Gasteiger partial charge >= 0.3 is 0 Å². The van der Waals surface area contributed by atoms with Crippen LogP contribution >= 0.6 is 0 Å². The second-order valence-corrected chi connectivity index (χ2v) is 3.70. The lowest BCUT2D eigenvalue weighted by atomic mass is 9.99. The SMILES string of the molecule is C#Cc1cc(F)ccc1-c1ccc(C)cc1. The van der Waals surface area contributed by atoms with Gasteiger partial charge in [-0.1, -0.05) is 41.8 Å². The zero-order valence-electron chi connectivity index (χ0n) is 9.00. The summed E-state index contributed by atoms with van der Waals surface area (Å²) in [4.78, 5) is 0. The molecular formula is C15H11F. The first kappa shape index (κ1) is 10.4. The molecule has 0 saturated carbocycles. The molecule has 2 aromatic carbocycles. The van der Waals surface area contributed by atoms with Gasteiger partial charge in [-0.15, -0.1) is 6.42 Å². The topological polar surface area (TPSA) is 0 Å². The molecule has 0 fully saturated rings. The van der Waals surface area contributed by atoms with Crippen molar-refractivity contribution >= 4 is 0 Å². The molecule has 0 N–H and O–H groups in total. The molecule has 2 rings (SSSR count). The van der Waals surface area contributed by atoms with E-state index in [9.17, 15) is 4.39 Å². The lowest BCUT2D eigenvalue weighted by Crippen LogP contribution is -1.86. The minimum atomic E-state index is -0.302. The predicted molar refractivity (Wildman–Crippen MR) is 64.5 cm³/mol. The van der Waals surface area contributed by atoms with Gasteiger partial charge in [0.05, 0.1) is 0 Å². The standard InChI is InChI=1S/C15H11F/c1-3-12-10-14(16)8-9-15(12)13-6-4-11(2)5-7-13/h1,4-10H,2H3. The summed E-state index contributed by atoms with van der Waals surface area (Å²) in [6.07, 6.45) is 5.37. The summed E-state index contributed by atoms with van der Waals surface area (Å²) in [6.45, 7) is 2.02. The average Bonchev–Trinajstić information content (AvgIpc) is 2.30.